The van der Waals surface area contributed by atoms with Crippen LogP contribution in [0.1, 0.15) is 5.56 Å². The molecule has 11 heteroatoms. The molecule has 2 fully saturated rings. The quantitative estimate of drug-likeness (QED) is 0.450. The number of carboxylic acids is 1. The number of hydrogen-bond acceptors (Lipinski definition) is 8. The first-order valence-corrected chi connectivity index (χ1v) is 8.77. The number of rotatable bonds is 5. The Bertz CT molecular complexity index is 848. The average molecular weight is 393 g/mol. The molecule has 2 aliphatic rings. The zero-order chi connectivity index (χ0) is 19.6. The van der Waals surface area contributed by atoms with Crippen LogP contribution in [0.25, 0.3) is 6.08 Å². The van der Waals surface area contributed by atoms with E-state index in [2.05, 4.69) is 0 Å². The summed E-state index contributed by atoms with van der Waals surface area (Å²) in [5.74, 6) is -2.03. The van der Waals surface area contributed by atoms with Crippen molar-refractivity contribution in [3.63, 3.8) is 0 Å². The van der Waals surface area contributed by atoms with Gasteiger partial charge in [0.15, 0.2) is 0 Å². The predicted molar refractivity (Wildman–Crippen MR) is 96.4 cm³/mol. The molecule has 0 unspecified atom stereocenters. The Balaban J connectivity index is 1.89. The zero-order valence-electron chi connectivity index (χ0n) is 14.0. The smallest absolute Gasteiger partial charge is 0.323 e. The second-order valence-electron chi connectivity index (χ2n) is 5.77. The molecule has 0 bridgehead atoms. The zero-order valence-corrected chi connectivity index (χ0v) is 14.8. The Labute approximate surface area is 157 Å². The van der Waals surface area contributed by atoms with Gasteiger partial charge in [0.25, 0.3) is 16.8 Å². The van der Waals surface area contributed by atoms with Crippen LogP contribution in [-0.4, -0.2) is 64.9 Å². The molecular weight excluding hydrogens is 378 g/mol. The molecule has 2 saturated heterocycles. The van der Waals surface area contributed by atoms with E-state index in [1.807, 2.05) is 4.90 Å². The Morgan fingerprint density at radius 1 is 1.33 bits per heavy atom. The van der Waals surface area contributed by atoms with Crippen molar-refractivity contribution in [3.05, 3.63) is 38.8 Å². The van der Waals surface area contributed by atoms with Crippen LogP contribution in [0, 0.1) is 10.1 Å². The third-order valence-electron chi connectivity index (χ3n) is 4.01. The molecule has 27 heavy (non-hydrogen) atoms. The summed E-state index contributed by atoms with van der Waals surface area (Å²) in [7, 11) is 0. The summed E-state index contributed by atoms with van der Waals surface area (Å²) in [4.78, 5) is 48.2. The number of carbonyl (C=O) groups excluding carboxylic acids is 2. The topological polar surface area (TPSA) is 130 Å². The normalized spacial score (nSPS) is 19.0. The van der Waals surface area contributed by atoms with Crippen LogP contribution < -0.4 is 4.90 Å². The number of benzene rings is 1. The molecule has 2 aliphatic heterocycles. The first-order chi connectivity index (χ1) is 12.9. The highest BCUT2D eigenvalue weighted by Crippen LogP contribution is 2.34. The molecule has 1 N–H and O–H groups in total. The van der Waals surface area contributed by atoms with Crippen molar-refractivity contribution >= 4 is 46.3 Å². The molecule has 1 aromatic rings. The highest BCUT2D eigenvalue weighted by atomic mass is 32.2. The van der Waals surface area contributed by atoms with Gasteiger partial charge in [0, 0.05) is 19.2 Å². The fourth-order valence-electron chi connectivity index (χ4n) is 2.77. The number of amides is 2. The van der Waals surface area contributed by atoms with Crippen LogP contribution in [0.3, 0.4) is 0 Å². The van der Waals surface area contributed by atoms with Crippen molar-refractivity contribution in [2.45, 2.75) is 0 Å². The van der Waals surface area contributed by atoms with Gasteiger partial charge in [0.1, 0.15) is 12.2 Å². The molecule has 2 heterocycles. The third kappa shape index (κ3) is 4.09. The van der Waals surface area contributed by atoms with Gasteiger partial charge in [0.05, 0.1) is 23.0 Å². The van der Waals surface area contributed by atoms with Crippen molar-refractivity contribution in [1.29, 1.82) is 0 Å². The minimum atomic E-state index is -1.30. The molecule has 1 aromatic carbocycles. The van der Waals surface area contributed by atoms with E-state index < -0.39 is 28.6 Å². The Morgan fingerprint density at radius 3 is 2.67 bits per heavy atom. The van der Waals surface area contributed by atoms with E-state index in [4.69, 9.17) is 9.84 Å². The number of aliphatic carboxylic acids is 1. The van der Waals surface area contributed by atoms with Gasteiger partial charge < -0.3 is 14.7 Å². The lowest BCUT2D eigenvalue weighted by molar-refractivity contribution is -0.384. The fourth-order valence-corrected chi connectivity index (χ4v) is 3.61. The molecule has 10 nitrogen and oxygen atoms in total. The Morgan fingerprint density at radius 2 is 2.04 bits per heavy atom. The second-order valence-corrected chi connectivity index (χ2v) is 6.76. The van der Waals surface area contributed by atoms with Gasteiger partial charge in [0.2, 0.25) is 0 Å². The van der Waals surface area contributed by atoms with E-state index in [0.717, 1.165) is 0 Å². The SMILES string of the molecule is O=C(O)CN1C(=O)S/C(=C/c2ccc(N3CCOCC3)c([N+](=O)[O-])c2)C1=O. The minimum absolute atomic E-state index is 0.0228. The summed E-state index contributed by atoms with van der Waals surface area (Å²) in [6, 6.07) is 4.54. The average Bonchev–Trinajstić information content (AvgIpc) is 2.89. The summed E-state index contributed by atoms with van der Waals surface area (Å²) in [6.45, 7) is 1.31. The summed E-state index contributed by atoms with van der Waals surface area (Å²) >= 11 is 0.604. The Kier molecular flexibility index (Phi) is 5.42. The molecule has 0 atom stereocenters. The van der Waals surface area contributed by atoms with Crippen LogP contribution in [0.15, 0.2) is 23.1 Å². The number of hydrogen-bond donors (Lipinski definition) is 1. The molecule has 0 spiro atoms. The van der Waals surface area contributed by atoms with Crippen molar-refractivity contribution < 1.29 is 29.2 Å². The monoisotopic (exact) mass is 393 g/mol. The van der Waals surface area contributed by atoms with Crippen molar-refractivity contribution in [2.75, 3.05) is 37.7 Å². The maximum Gasteiger partial charge on any atom is 0.323 e. The van der Waals surface area contributed by atoms with Crippen molar-refractivity contribution in [1.82, 2.24) is 4.90 Å². The van der Waals surface area contributed by atoms with E-state index in [-0.39, 0.29) is 10.6 Å². The van der Waals surface area contributed by atoms with Gasteiger partial charge in [-0.1, -0.05) is 6.07 Å². The molecule has 0 saturated carbocycles. The lowest BCUT2D eigenvalue weighted by Gasteiger charge is -2.28. The lowest BCUT2D eigenvalue weighted by Crippen LogP contribution is -2.36. The molecular formula is C16H15N3O7S. The number of nitro groups is 1. The minimum Gasteiger partial charge on any atom is -0.480 e. The number of carbonyl (C=O) groups is 3. The van der Waals surface area contributed by atoms with Crippen molar-refractivity contribution in [2.24, 2.45) is 0 Å². The van der Waals surface area contributed by atoms with E-state index in [9.17, 15) is 24.5 Å². The third-order valence-corrected chi connectivity index (χ3v) is 4.92. The van der Waals surface area contributed by atoms with E-state index >= 15 is 0 Å². The van der Waals surface area contributed by atoms with Gasteiger partial charge in [-0.3, -0.25) is 29.4 Å². The van der Waals surface area contributed by atoms with E-state index in [0.29, 0.717) is 54.2 Å². The van der Waals surface area contributed by atoms with Gasteiger partial charge in [-0.15, -0.1) is 0 Å². The molecule has 0 aromatic heterocycles. The van der Waals surface area contributed by atoms with E-state index in [1.54, 1.807) is 12.1 Å². The summed E-state index contributed by atoms with van der Waals surface area (Å²) in [5, 5.41) is 19.6. The van der Waals surface area contributed by atoms with Crippen LogP contribution in [0.2, 0.25) is 0 Å². The molecule has 2 amide bonds. The van der Waals surface area contributed by atoms with Gasteiger partial charge in [-0.25, -0.2) is 0 Å². The highest BCUT2D eigenvalue weighted by Gasteiger charge is 2.36. The number of morpholine rings is 1. The second kappa shape index (κ2) is 7.76. The summed E-state index contributed by atoms with van der Waals surface area (Å²) in [5.41, 5.74) is 0.717. The predicted octanol–water partition coefficient (Wildman–Crippen LogP) is 1.55. The first-order valence-electron chi connectivity index (χ1n) is 7.95. The van der Waals surface area contributed by atoms with E-state index in [1.165, 1.54) is 12.1 Å². The number of nitro benzene ring substituents is 1. The number of ether oxygens (including phenoxy) is 1. The van der Waals surface area contributed by atoms with Gasteiger partial charge in [-0.2, -0.15) is 0 Å². The van der Waals surface area contributed by atoms with Gasteiger partial charge in [-0.05, 0) is 29.5 Å². The molecule has 0 radical (unpaired) electrons. The Hall–Kier alpha value is -2.92. The maximum absolute atomic E-state index is 12.2. The van der Waals surface area contributed by atoms with Crippen LogP contribution >= 0.6 is 11.8 Å². The highest BCUT2D eigenvalue weighted by molar-refractivity contribution is 8.18. The number of carboxylic acid groups (broad SMARTS) is 1. The van der Waals surface area contributed by atoms with Crippen LogP contribution in [0.5, 0.6) is 0 Å². The number of nitrogens with zero attached hydrogens (tertiary/aromatic N) is 3. The largest absolute Gasteiger partial charge is 0.480 e. The maximum atomic E-state index is 12.2. The summed E-state index contributed by atoms with van der Waals surface area (Å²) in [6.07, 6.45) is 1.35. The molecule has 142 valence electrons. The first kappa shape index (κ1) is 18.9. The standard InChI is InChI=1S/C16H15N3O7S/c20-14(21)9-18-15(22)13(27-16(18)23)8-10-1-2-11(12(7-10)19(24)25)17-3-5-26-6-4-17/h1-2,7-8H,3-6,9H2,(H,20,21)/b13-8+. The van der Waals surface area contributed by atoms with Crippen LogP contribution in [-0.2, 0) is 14.3 Å². The lowest BCUT2D eigenvalue weighted by atomic mass is 10.1. The summed E-state index contributed by atoms with van der Waals surface area (Å²) < 4.78 is 5.25. The molecule has 0 aliphatic carbocycles. The fraction of sp³-hybridized carbons (Fsp3) is 0.312. The van der Waals surface area contributed by atoms with Gasteiger partial charge >= 0.3 is 5.97 Å². The number of imide groups is 1. The van der Waals surface area contributed by atoms with Crippen molar-refractivity contribution in [3.8, 4) is 0 Å². The van der Waals surface area contributed by atoms with Crippen LogP contribution in [0.4, 0.5) is 16.2 Å². The number of thioether (sulfide) groups is 1. The number of anilines is 1. The molecule has 3 rings (SSSR count).